The van der Waals surface area contributed by atoms with Gasteiger partial charge in [0.2, 0.25) is 0 Å². The molecule has 5 nitrogen and oxygen atoms in total. The number of carbonyl (C=O) groups is 1. The number of carbonyl (C=O) groups excluding carboxylic acids is 1. The summed E-state index contributed by atoms with van der Waals surface area (Å²) in [5.41, 5.74) is 5.37. The van der Waals surface area contributed by atoms with Crippen molar-refractivity contribution in [2.75, 3.05) is 6.54 Å². The van der Waals surface area contributed by atoms with Gasteiger partial charge in [-0.1, -0.05) is 48.0 Å². The van der Waals surface area contributed by atoms with Crippen LogP contribution >= 0.6 is 45.2 Å². The van der Waals surface area contributed by atoms with Crippen molar-refractivity contribution in [1.82, 2.24) is 10.3 Å². The second kappa shape index (κ2) is 11.7. The minimum Gasteiger partial charge on any atom is -0.487 e. The van der Waals surface area contributed by atoms with Crippen LogP contribution in [0.15, 0.2) is 72.4 Å². The highest BCUT2D eigenvalue weighted by atomic mass is 127. The summed E-state index contributed by atoms with van der Waals surface area (Å²) in [4.78, 5) is 15.9. The number of rotatable bonds is 8. The highest BCUT2D eigenvalue weighted by molar-refractivity contribution is 14.1. The van der Waals surface area contributed by atoms with Gasteiger partial charge in [0.1, 0.15) is 24.0 Å². The third kappa shape index (κ3) is 6.44. The Bertz CT molecular complexity index is 1410. The van der Waals surface area contributed by atoms with Crippen molar-refractivity contribution in [3.05, 3.63) is 102 Å². The predicted octanol–water partition coefficient (Wildman–Crippen LogP) is 6.53. The van der Waals surface area contributed by atoms with Gasteiger partial charge in [-0.05, 0) is 99.5 Å². The Balaban J connectivity index is 1.40. The van der Waals surface area contributed by atoms with Gasteiger partial charge >= 0.3 is 0 Å². The van der Waals surface area contributed by atoms with E-state index in [2.05, 4.69) is 92.7 Å². The molecule has 0 atom stereocenters. The first-order valence-corrected chi connectivity index (χ1v) is 13.2. The average molecular weight is 687 g/mol. The van der Waals surface area contributed by atoms with Gasteiger partial charge in [0.15, 0.2) is 0 Å². The van der Waals surface area contributed by atoms with E-state index in [1.54, 1.807) is 6.08 Å². The van der Waals surface area contributed by atoms with Crippen molar-refractivity contribution < 1.29 is 9.53 Å². The zero-order valence-electron chi connectivity index (χ0n) is 19.1. The van der Waals surface area contributed by atoms with E-state index in [0.717, 1.165) is 40.5 Å². The van der Waals surface area contributed by atoms with E-state index < -0.39 is 0 Å². The van der Waals surface area contributed by atoms with Crippen molar-refractivity contribution in [1.29, 1.82) is 5.26 Å². The smallest absolute Gasteiger partial charge is 0.261 e. The van der Waals surface area contributed by atoms with Gasteiger partial charge in [0.05, 0.1) is 7.14 Å². The number of aromatic nitrogens is 1. The second-order valence-electron chi connectivity index (χ2n) is 8.12. The standard InChI is InChI=1S/C28H23I2N3O2/c1-18-6-8-19(9-7-18)17-35-27-24(29)13-20(14-25(27)30)12-22(15-31)28(34)32-11-10-21-16-33-26-5-3-2-4-23(21)26/h2-9,12-14,16,33H,10-11,17H2,1H3,(H,32,34)/b22-12-. The molecule has 1 heterocycles. The fraction of sp³-hybridized carbons (Fsp3) is 0.143. The molecule has 0 aliphatic carbocycles. The predicted molar refractivity (Wildman–Crippen MR) is 156 cm³/mol. The minimum absolute atomic E-state index is 0.0730. The molecule has 0 aliphatic rings. The van der Waals surface area contributed by atoms with Crippen LogP contribution in [0.2, 0.25) is 0 Å². The molecule has 0 saturated heterocycles. The van der Waals surface area contributed by atoms with Gasteiger partial charge in [-0.25, -0.2) is 0 Å². The highest BCUT2D eigenvalue weighted by Gasteiger charge is 2.13. The molecule has 4 aromatic rings. The molecule has 0 unspecified atom stereocenters. The zero-order valence-corrected chi connectivity index (χ0v) is 23.4. The van der Waals surface area contributed by atoms with Gasteiger partial charge in [0.25, 0.3) is 5.91 Å². The third-order valence-electron chi connectivity index (χ3n) is 5.56. The molecule has 0 radical (unpaired) electrons. The first-order valence-electron chi connectivity index (χ1n) is 11.1. The van der Waals surface area contributed by atoms with E-state index in [0.29, 0.717) is 19.6 Å². The second-order valence-corrected chi connectivity index (χ2v) is 10.4. The molecule has 1 amide bonds. The average Bonchev–Trinajstić information content (AvgIpc) is 3.26. The summed E-state index contributed by atoms with van der Waals surface area (Å²) in [7, 11) is 0. The summed E-state index contributed by atoms with van der Waals surface area (Å²) in [5.74, 6) is 0.419. The minimum atomic E-state index is -0.378. The number of halogens is 2. The van der Waals surface area contributed by atoms with E-state index in [1.165, 1.54) is 5.56 Å². The van der Waals surface area contributed by atoms with E-state index in [-0.39, 0.29) is 11.5 Å². The maximum atomic E-state index is 12.7. The number of benzene rings is 3. The van der Waals surface area contributed by atoms with Gasteiger partial charge in [-0.3, -0.25) is 4.79 Å². The lowest BCUT2D eigenvalue weighted by Gasteiger charge is -2.12. The fourth-order valence-electron chi connectivity index (χ4n) is 3.70. The molecule has 0 fully saturated rings. The number of ether oxygens (including phenoxy) is 1. The number of hydrogen-bond donors (Lipinski definition) is 2. The van der Waals surface area contributed by atoms with Gasteiger partial charge in [-0.2, -0.15) is 5.26 Å². The molecule has 7 heteroatoms. The lowest BCUT2D eigenvalue weighted by molar-refractivity contribution is -0.117. The number of fused-ring (bicyclic) bond motifs is 1. The number of aromatic amines is 1. The zero-order chi connectivity index (χ0) is 24.8. The van der Waals surface area contributed by atoms with Gasteiger partial charge in [0, 0.05) is 23.6 Å². The molecule has 176 valence electrons. The van der Waals surface area contributed by atoms with Crippen molar-refractivity contribution >= 4 is 68.1 Å². The number of para-hydroxylation sites is 1. The summed E-state index contributed by atoms with van der Waals surface area (Å²) in [6, 6.07) is 22.2. The van der Waals surface area contributed by atoms with Crippen molar-refractivity contribution in [3.63, 3.8) is 0 Å². The molecule has 4 rings (SSSR count). The maximum Gasteiger partial charge on any atom is 0.261 e. The summed E-state index contributed by atoms with van der Waals surface area (Å²) >= 11 is 4.45. The number of hydrogen-bond acceptors (Lipinski definition) is 3. The Morgan fingerprint density at radius 3 is 2.54 bits per heavy atom. The van der Waals surface area contributed by atoms with Gasteiger partial charge < -0.3 is 15.0 Å². The Morgan fingerprint density at radius 2 is 1.83 bits per heavy atom. The topological polar surface area (TPSA) is 77.9 Å². The van der Waals surface area contributed by atoms with Crippen LogP contribution in [0.5, 0.6) is 5.75 Å². The molecule has 0 spiro atoms. The van der Waals surface area contributed by atoms with Crippen LogP contribution in [0, 0.1) is 25.4 Å². The van der Waals surface area contributed by atoms with Gasteiger partial charge in [-0.15, -0.1) is 0 Å². The Kier molecular flexibility index (Phi) is 8.46. The number of nitrogens with zero attached hydrogens (tertiary/aromatic N) is 1. The van der Waals surface area contributed by atoms with E-state index >= 15 is 0 Å². The largest absolute Gasteiger partial charge is 0.487 e. The Hall–Kier alpha value is -2.84. The Labute approximate surface area is 231 Å². The lowest BCUT2D eigenvalue weighted by atomic mass is 10.1. The first kappa shape index (κ1) is 25.3. The maximum absolute atomic E-state index is 12.7. The van der Waals surface area contributed by atoms with Crippen LogP contribution in [0.1, 0.15) is 22.3 Å². The lowest BCUT2D eigenvalue weighted by Crippen LogP contribution is -2.26. The molecule has 0 bridgehead atoms. The molecule has 2 N–H and O–H groups in total. The molecule has 0 aliphatic heterocycles. The molecule has 3 aromatic carbocycles. The molecule has 35 heavy (non-hydrogen) atoms. The summed E-state index contributed by atoms with van der Waals surface area (Å²) in [6.07, 6.45) is 4.26. The molecular formula is C28H23I2N3O2. The van der Waals surface area contributed by atoms with E-state index in [1.807, 2.05) is 42.6 Å². The number of H-pyrrole nitrogens is 1. The quantitative estimate of drug-likeness (QED) is 0.126. The Morgan fingerprint density at radius 1 is 1.11 bits per heavy atom. The number of nitriles is 1. The van der Waals surface area contributed by atoms with Crippen LogP contribution in [0.25, 0.3) is 17.0 Å². The monoisotopic (exact) mass is 687 g/mol. The van der Waals surface area contributed by atoms with Crippen LogP contribution in [0.4, 0.5) is 0 Å². The van der Waals surface area contributed by atoms with Crippen LogP contribution < -0.4 is 10.1 Å². The van der Waals surface area contributed by atoms with Crippen LogP contribution in [-0.2, 0) is 17.8 Å². The highest BCUT2D eigenvalue weighted by Crippen LogP contribution is 2.30. The van der Waals surface area contributed by atoms with Crippen LogP contribution in [-0.4, -0.2) is 17.4 Å². The first-order chi connectivity index (χ1) is 16.9. The van der Waals surface area contributed by atoms with Crippen molar-refractivity contribution in [2.24, 2.45) is 0 Å². The number of amides is 1. The SMILES string of the molecule is Cc1ccc(COc2c(I)cc(/C=C(/C#N)C(=O)NCCc3c[nH]c4ccccc34)cc2I)cc1. The summed E-state index contributed by atoms with van der Waals surface area (Å²) in [6.45, 7) is 2.98. The number of aryl methyl sites for hydroxylation is 1. The van der Waals surface area contributed by atoms with Crippen molar-refractivity contribution in [2.45, 2.75) is 20.0 Å². The molecule has 1 aromatic heterocycles. The van der Waals surface area contributed by atoms with E-state index in [9.17, 15) is 10.1 Å². The number of nitrogens with one attached hydrogen (secondary N) is 2. The van der Waals surface area contributed by atoms with E-state index in [4.69, 9.17) is 4.74 Å². The third-order valence-corrected chi connectivity index (χ3v) is 7.16. The normalized spacial score (nSPS) is 11.3. The molecule has 0 saturated carbocycles. The van der Waals surface area contributed by atoms with Crippen LogP contribution in [0.3, 0.4) is 0 Å². The van der Waals surface area contributed by atoms with Crippen molar-refractivity contribution in [3.8, 4) is 11.8 Å². The molecular weight excluding hydrogens is 664 g/mol. The summed E-state index contributed by atoms with van der Waals surface area (Å²) < 4.78 is 7.91. The summed E-state index contributed by atoms with van der Waals surface area (Å²) in [5, 5.41) is 13.6. The fourth-order valence-corrected chi connectivity index (χ4v) is 5.83.